The van der Waals surface area contributed by atoms with E-state index in [1.807, 2.05) is 0 Å². The molecule has 14 heavy (non-hydrogen) atoms. The zero-order valence-electron chi connectivity index (χ0n) is 7.77. The fourth-order valence-corrected chi connectivity index (χ4v) is 1.37. The number of hydrogen-bond donors (Lipinski definition) is 0. The standard InChI is InChI=1S/C10H9Cl2FO/c1-10(2,13)9(14)7-5-6(11)3-4-8(7)12/h3-5H,1-2H3. The van der Waals surface area contributed by atoms with Gasteiger partial charge in [-0.25, -0.2) is 4.39 Å². The fourth-order valence-electron chi connectivity index (χ4n) is 0.992. The van der Waals surface area contributed by atoms with Gasteiger partial charge in [-0.2, -0.15) is 0 Å². The molecular weight excluding hydrogens is 226 g/mol. The average molecular weight is 235 g/mol. The molecule has 0 saturated carbocycles. The van der Waals surface area contributed by atoms with Crippen molar-refractivity contribution in [3.63, 3.8) is 0 Å². The molecule has 4 heteroatoms. The minimum absolute atomic E-state index is 0.117. The van der Waals surface area contributed by atoms with Crippen molar-refractivity contribution in [1.29, 1.82) is 0 Å². The van der Waals surface area contributed by atoms with Crippen LogP contribution in [0, 0.1) is 0 Å². The molecule has 0 radical (unpaired) electrons. The normalized spacial score (nSPS) is 11.5. The van der Waals surface area contributed by atoms with E-state index in [2.05, 4.69) is 0 Å². The van der Waals surface area contributed by atoms with E-state index in [9.17, 15) is 9.18 Å². The van der Waals surface area contributed by atoms with Gasteiger partial charge in [-0.1, -0.05) is 23.2 Å². The summed E-state index contributed by atoms with van der Waals surface area (Å²) >= 11 is 11.4. The van der Waals surface area contributed by atoms with Gasteiger partial charge in [-0.15, -0.1) is 0 Å². The summed E-state index contributed by atoms with van der Waals surface area (Å²) in [5.74, 6) is -0.662. The largest absolute Gasteiger partial charge is 0.291 e. The van der Waals surface area contributed by atoms with Gasteiger partial charge in [-0.3, -0.25) is 4.79 Å². The van der Waals surface area contributed by atoms with Crippen LogP contribution < -0.4 is 0 Å². The van der Waals surface area contributed by atoms with Crippen molar-refractivity contribution in [2.24, 2.45) is 0 Å². The third kappa shape index (κ3) is 2.46. The van der Waals surface area contributed by atoms with Gasteiger partial charge in [0.25, 0.3) is 0 Å². The third-order valence-electron chi connectivity index (χ3n) is 1.71. The molecule has 0 saturated heterocycles. The second-order valence-electron chi connectivity index (χ2n) is 3.43. The summed E-state index contributed by atoms with van der Waals surface area (Å²) in [7, 11) is 0. The van der Waals surface area contributed by atoms with Crippen LogP contribution in [0.4, 0.5) is 4.39 Å². The van der Waals surface area contributed by atoms with E-state index >= 15 is 0 Å². The number of hydrogen-bond acceptors (Lipinski definition) is 1. The lowest BCUT2D eigenvalue weighted by Crippen LogP contribution is -2.26. The van der Waals surface area contributed by atoms with Crippen molar-refractivity contribution < 1.29 is 9.18 Å². The molecule has 0 N–H and O–H groups in total. The molecule has 76 valence electrons. The number of rotatable bonds is 2. The van der Waals surface area contributed by atoms with E-state index in [0.717, 1.165) is 0 Å². The molecule has 0 unspecified atom stereocenters. The Morgan fingerprint density at radius 1 is 1.36 bits per heavy atom. The van der Waals surface area contributed by atoms with Gasteiger partial charge in [-0.05, 0) is 32.0 Å². The minimum atomic E-state index is -1.94. The van der Waals surface area contributed by atoms with Crippen molar-refractivity contribution in [2.75, 3.05) is 0 Å². The lowest BCUT2D eigenvalue weighted by atomic mass is 9.98. The number of benzene rings is 1. The summed E-state index contributed by atoms with van der Waals surface area (Å²) in [6, 6.07) is 4.39. The predicted molar refractivity (Wildman–Crippen MR) is 56.0 cm³/mol. The maximum absolute atomic E-state index is 13.3. The predicted octanol–water partition coefficient (Wildman–Crippen LogP) is 3.92. The Hall–Kier alpha value is -0.600. The fraction of sp³-hybridized carbons (Fsp3) is 0.300. The zero-order chi connectivity index (χ0) is 10.9. The van der Waals surface area contributed by atoms with Gasteiger partial charge >= 0.3 is 0 Å². The Bertz CT molecular complexity index is 369. The van der Waals surface area contributed by atoms with Crippen molar-refractivity contribution in [2.45, 2.75) is 19.5 Å². The molecule has 1 rings (SSSR count). The highest BCUT2D eigenvalue weighted by atomic mass is 35.5. The Labute approximate surface area is 91.8 Å². The molecule has 0 fully saturated rings. The second-order valence-corrected chi connectivity index (χ2v) is 4.27. The zero-order valence-corrected chi connectivity index (χ0v) is 9.29. The van der Waals surface area contributed by atoms with Gasteiger partial charge in [0.05, 0.1) is 5.02 Å². The van der Waals surface area contributed by atoms with Crippen LogP contribution >= 0.6 is 23.2 Å². The van der Waals surface area contributed by atoms with Crippen LogP contribution in [0.15, 0.2) is 18.2 Å². The van der Waals surface area contributed by atoms with Crippen LogP contribution in [0.25, 0.3) is 0 Å². The first-order chi connectivity index (χ1) is 6.32. The van der Waals surface area contributed by atoms with Crippen molar-refractivity contribution >= 4 is 29.0 Å². The van der Waals surface area contributed by atoms with Crippen LogP contribution in [-0.4, -0.2) is 11.5 Å². The summed E-state index contributed by atoms with van der Waals surface area (Å²) in [6.07, 6.45) is 0. The van der Waals surface area contributed by atoms with Gasteiger partial charge < -0.3 is 0 Å². The first-order valence-corrected chi connectivity index (χ1v) is 4.77. The minimum Gasteiger partial charge on any atom is -0.291 e. The third-order valence-corrected chi connectivity index (χ3v) is 2.28. The van der Waals surface area contributed by atoms with E-state index in [0.29, 0.717) is 5.02 Å². The highest BCUT2D eigenvalue weighted by Gasteiger charge is 2.29. The number of carbonyl (C=O) groups excluding carboxylic acids is 1. The number of halogens is 3. The SMILES string of the molecule is CC(C)(F)C(=O)c1cc(Cl)ccc1Cl. The Kier molecular flexibility index (Phi) is 3.17. The second kappa shape index (κ2) is 3.87. The molecule has 0 bridgehead atoms. The maximum atomic E-state index is 13.3. The lowest BCUT2D eigenvalue weighted by Gasteiger charge is -2.13. The smallest absolute Gasteiger partial charge is 0.200 e. The van der Waals surface area contributed by atoms with E-state index in [-0.39, 0.29) is 10.6 Å². The molecule has 0 atom stereocenters. The number of carbonyl (C=O) groups is 1. The summed E-state index contributed by atoms with van der Waals surface area (Å²) in [6.45, 7) is 2.37. The van der Waals surface area contributed by atoms with E-state index < -0.39 is 11.5 Å². The molecule has 0 aliphatic carbocycles. The Morgan fingerprint density at radius 3 is 2.43 bits per heavy atom. The van der Waals surface area contributed by atoms with Crippen LogP contribution in [0.1, 0.15) is 24.2 Å². The van der Waals surface area contributed by atoms with Crippen molar-refractivity contribution in [1.82, 2.24) is 0 Å². The summed E-state index contributed by atoms with van der Waals surface area (Å²) in [4.78, 5) is 11.5. The molecule has 1 nitrogen and oxygen atoms in total. The monoisotopic (exact) mass is 234 g/mol. The van der Waals surface area contributed by atoms with E-state index in [4.69, 9.17) is 23.2 Å². The van der Waals surface area contributed by atoms with Crippen molar-refractivity contribution in [3.8, 4) is 0 Å². The number of Topliss-reactive ketones (excluding diaryl/α,β-unsaturated/α-hetero) is 1. The van der Waals surface area contributed by atoms with E-state index in [1.54, 1.807) is 6.07 Å². The summed E-state index contributed by atoms with van der Waals surface area (Å²) in [5.41, 5.74) is -1.82. The maximum Gasteiger partial charge on any atom is 0.200 e. The first-order valence-electron chi connectivity index (χ1n) is 4.01. The van der Waals surface area contributed by atoms with Gasteiger partial charge in [0, 0.05) is 10.6 Å². The molecule has 0 aliphatic heterocycles. The molecule has 0 aromatic heterocycles. The summed E-state index contributed by atoms with van der Waals surface area (Å²) in [5, 5.41) is 0.576. The number of ketones is 1. The molecule has 0 heterocycles. The highest BCUT2D eigenvalue weighted by molar-refractivity contribution is 6.36. The summed E-state index contributed by atoms with van der Waals surface area (Å²) < 4.78 is 13.3. The Morgan fingerprint density at radius 2 is 1.93 bits per heavy atom. The molecule has 0 spiro atoms. The Balaban J connectivity index is 3.19. The molecule has 1 aromatic rings. The van der Waals surface area contributed by atoms with Gasteiger partial charge in [0.15, 0.2) is 5.67 Å². The van der Waals surface area contributed by atoms with Crippen LogP contribution in [0.5, 0.6) is 0 Å². The molecular formula is C10H9Cl2FO. The van der Waals surface area contributed by atoms with E-state index in [1.165, 1.54) is 26.0 Å². The van der Waals surface area contributed by atoms with Crippen LogP contribution in [0.3, 0.4) is 0 Å². The van der Waals surface area contributed by atoms with Crippen molar-refractivity contribution in [3.05, 3.63) is 33.8 Å². The molecule has 0 aliphatic rings. The van der Waals surface area contributed by atoms with Crippen LogP contribution in [-0.2, 0) is 0 Å². The van der Waals surface area contributed by atoms with Crippen LogP contribution in [0.2, 0.25) is 10.0 Å². The quantitative estimate of drug-likeness (QED) is 0.710. The molecule has 1 aromatic carbocycles. The molecule has 0 amide bonds. The lowest BCUT2D eigenvalue weighted by molar-refractivity contribution is 0.0760. The first kappa shape index (κ1) is 11.5. The van der Waals surface area contributed by atoms with Gasteiger partial charge in [0.1, 0.15) is 0 Å². The topological polar surface area (TPSA) is 17.1 Å². The average Bonchev–Trinajstić information content (AvgIpc) is 2.06. The number of alkyl halides is 1. The van der Waals surface area contributed by atoms with Gasteiger partial charge in [0.2, 0.25) is 5.78 Å². The highest BCUT2D eigenvalue weighted by Crippen LogP contribution is 2.26.